The molecule has 0 aliphatic heterocycles. The molecular formula is C43H70F2. The third-order valence-electron chi connectivity index (χ3n) is 5.53. The largest absolute Gasteiger partial charge is 0.207 e. The SMILES string of the molecule is C.C.C.C.C.CC(C)c1ccc(F)cc1.[2H]C([2H])([2H])c1ccc(C(C)C)cc1.[2H]c1c([2H])c(C(C)C)c([2H])c([2H])c1F.[2H]c1c([2H])c(C([2H])([2H])[2H])c([2H])c([2H])c1C(C)C. The van der Waals surface area contributed by atoms with E-state index in [4.69, 9.17) is 19.2 Å². The van der Waals surface area contributed by atoms with Crippen molar-refractivity contribution in [2.24, 2.45) is 0 Å². The van der Waals surface area contributed by atoms with Crippen LogP contribution in [0.25, 0.3) is 0 Å². The second-order valence-electron chi connectivity index (χ2n) is 10.3. The van der Waals surface area contributed by atoms with Gasteiger partial charge in [-0.3, -0.25) is 0 Å². The average molecular weight is 639 g/mol. The first-order valence-electron chi connectivity index (χ1n) is 20.3. The third kappa shape index (κ3) is 22.0. The van der Waals surface area contributed by atoms with E-state index in [-0.39, 0.29) is 90.1 Å². The van der Waals surface area contributed by atoms with E-state index in [1.54, 1.807) is 39.8 Å². The number of benzene rings is 4. The standard InChI is InChI=1S/2C10H14.2C9H11F.5CH4/c2*1-8(2)10-6-4-9(3)5-7-10;2*1-7(2)8-3-5-9(10)6-4-8;;;;;/h2*4-8H,1-3H3;2*3-7H,1-2H3;5*1H4/i3D3,4D,5D,6D,7D;3D3;3D,4D,5D,6D;;;;;;. The lowest BCUT2D eigenvalue weighted by molar-refractivity contribution is 0.626. The number of aryl methyl sites for hydroxylation is 1. The van der Waals surface area contributed by atoms with Crippen molar-refractivity contribution in [1.29, 1.82) is 0 Å². The Labute approximate surface area is 300 Å². The van der Waals surface area contributed by atoms with Gasteiger partial charge in [-0.1, -0.05) is 176 Å². The monoisotopic (exact) mass is 639 g/mol. The summed E-state index contributed by atoms with van der Waals surface area (Å²) in [4.78, 5) is 0. The van der Waals surface area contributed by atoms with Crippen molar-refractivity contribution in [3.05, 3.63) is 142 Å². The van der Waals surface area contributed by atoms with E-state index >= 15 is 0 Å². The first-order chi connectivity index (χ1) is 24.6. The molecule has 0 radical (unpaired) electrons. The summed E-state index contributed by atoms with van der Waals surface area (Å²) >= 11 is 0. The Hall–Kier alpha value is -3.26. The van der Waals surface area contributed by atoms with Gasteiger partial charge in [0.05, 0.1) is 11.0 Å². The Kier molecular flexibility index (Phi) is 16.2. The van der Waals surface area contributed by atoms with Crippen molar-refractivity contribution >= 4 is 0 Å². The predicted octanol–water partition coefficient (Wildman–Crippen LogP) is 15.3. The van der Waals surface area contributed by atoms with E-state index in [9.17, 15) is 8.78 Å². The highest BCUT2D eigenvalue weighted by Gasteiger charge is 1.98. The summed E-state index contributed by atoms with van der Waals surface area (Å²) in [6.07, 6.45) is 0. The van der Waals surface area contributed by atoms with Crippen LogP contribution in [0.1, 0.15) is 169 Å². The fourth-order valence-corrected chi connectivity index (χ4v) is 2.92. The predicted molar refractivity (Wildman–Crippen MR) is 205 cm³/mol. The van der Waals surface area contributed by atoms with Crippen LogP contribution in [0.2, 0.25) is 0 Å². The van der Waals surface area contributed by atoms with Crippen LogP contribution in [0.4, 0.5) is 8.78 Å². The zero-order chi connectivity index (χ0) is 42.2. The van der Waals surface area contributed by atoms with Crippen LogP contribution in [0, 0.1) is 25.3 Å². The molecule has 0 N–H and O–H groups in total. The van der Waals surface area contributed by atoms with Crippen molar-refractivity contribution in [3.63, 3.8) is 0 Å². The lowest BCUT2D eigenvalue weighted by atomic mass is 10.0. The van der Waals surface area contributed by atoms with Crippen LogP contribution in [0.3, 0.4) is 0 Å². The van der Waals surface area contributed by atoms with Crippen LogP contribution >= 0.6 is 0 Å². The number of hydrogen-bond donors (Lipinski definition) is 0. The minimum absolute atomic E-state index is 0. The molecule has 0 aromatic heterocycles. The molecule has 45 heavy (non-hydrogen) atoms. The molecule has 4 aromatic rings. The summed E-state index contributed by atoms with van der Waals surface area (Å²) in [6.45, 7) is 10.8. The summed E-state index contributed by atoms with van der Waals surface area (Å²) in [6, 6.07) is 10.6. The highest BCUT2D eigenvalue weighted by atomic mass is 19.1. The Morgan fingerprint density at radius 1 is 0.400 bits per heavy atom. The van der Waals surface area contributed by atoms with Gasteiger partial charge in [0.15, 0.2) is 0 Å². The van der Waals surface area contributed by atoms with Crippen LogP contribution in [-0.2, 0) is 0 Å². The van der Waals surface area contributed by atoms with Crippen molar-refractivity contribution in [3.8, 4) is 0 Å². The Morgan fingerprint density at radius 2 is 0.711 bits per heavy atom. The van der Waals surface area contributed by atoms with E-state index in [0.717, 1.165) is 0 Å². The van der Waals surface area contributed by atoms with Crippen LogP contribution in [-0.4, -0.2) is 0 Å². The Morgan fingerprint density at radius 3 is 1.02 bits per heavy atom. The van der Waals surface area contributed by atoms with E-state index in [2.05, 4.69) is 27.7 Å². The van der Waals surface area contributed by atoms with Gasteiger partial charge in [0.25, 0.3) is 0 Å². The molecule has 0 unspecified atom stereocenters. The van der Waals surface area contributed by atoms with Gasteiger partial charge in [0.2, 0.25) is 0 Å². The number of halogens is 2. The second-order valence-corrected chi connectivity index (χ2v) is 10.3. The highest BCUT2D eigenvalue weighted by molar-refractivity contribution is 5.24. The molecule has 256 valence electrons. The number of rotatable bonds is 4. The lowest BCUT2D eigenvalue weighted by Gasteiger charge is -2.03. The highest BCUT2D eigenvalue weighted by Crippen LogP contribution is 2.16. The summed E-state index contributed by atoms with van der Waals surface area (Å²) in [5, 5.41) is 0. The van der Waals surface area contributed by atoms with Crippen molar-refractivity contribution < 1.29 is 28.0 Å². The Balaban J connectivity index is -0.000000216. The summed E-state index contributed by atoms with van der Waals surface area (Å²) in [5.74, 6) is -0.641. The van der Waals surface area contributed by atoms with Gasteiger partial charge in [-0.2, -0.15) is 0 Å². The summed E-state index contributed by atoms with van der Waals surface area (Å²) < 4.78 is 129. The van der Waals surface area contributed by atoms with Crippen molar-refractivity contribution in [2.45, 2.75) is 130 Å². The molecular weight excluding hydrogens is 554 g/mol. The molecule has 0 nitrogen and oxygen atoms in total. The molecule has 4 rings (SSSR count). The fraction of sp³-hybridized carbons (Fsp3) is 0.442. The first kappa shape index (κ1) is 26.9. The lowest BCUT2D eigenvalue weighted by Crippen LogP contribution is -1.85. The van der Waals surface area contributed by atoms with Gasteiger partial charge in [-0.05, 0) is 83.8 Å². The molecule has 0 atom stereocenters. The molecule has 0 spiro atoms. The first-order valence-corrected chi connectivity index (χ1v) is 13.3. The van der Waals surface area contributed by atoms with Crippen molar-refractivity contribution in [2.75, 3.05) is 0 Å². The molecule has 2 heteroatoms. The molecule has 0 saturated carbocycles. The maximum absolute atomic E-state index is 13.1. The normalized spacial score (nSPS) is 14.3. The van der Waals surface area contributed by atoms with Gasteiger partial charge in [-0.25, -0.2) is 8.78 Å². The zero-order valence-electron chi connectivity index (χ0n) is 38.7. The molecule has 0 saturated heterocycles. The van der Waals surface area contributed by atoms with Gasteiger partial charge < -0.3 is 0 Å². The molecule has 0 bridgehead atoms. The smallest absolute Gasteiger partial charge is 0.123 e. The minimum atomic E-state index is -2.63. The quantitative estimate of drug-likeness (QED) is 0.209. The Bertz CT molecular complexity index is 1770. The fourth-order valence-electron chi connectivity index (χ4n) is 2.92. The van der Waals surface area contributed by atoms with Gasteiger partial charge in [-0.15, -0.1) is 0 Å². The molecule has 0 amide bonds. The van der Waals surface area contributed by atoms with E-state index in [0.29, 0.717) is 17.4 Å². The van der Waals surface area contributed by atoms with Gasteiger partial charge in [0.1, 0.15) is 11.6 Å². The number of hydrogen-bond acceptors (Lipinski definition) is 0. The van der Waals surface area contributed by atoms with E-state index in [1.165, 1.54) is 23.3 Å². The molecule has 0 aliphatic rings. The van der Waals surface area contributed by atoms with Crippen LogP contribution < -0.4 is 0 Å². The molecule has 0 heterocycles. The average Bonchev–Trinajstić information content (AvgIpc) is 3.05. The third-order valence-corrected chi connectivity index (χ3v) is 5.53. The molecule has 0 fully saturated rings. The minimum Gasteiger partial charge on any atom is -0.207 e. The van der Waals surface area contributed by atoms with Crippen LogP contribution in [0.5, 0.6) is 0 Å². The molecule has 4 aromatic carbocycles. The zero-order valence-corrected chi connectivity index (χ0v) is 24.7. The topological polar surface area (TPSA) is 0 Å². The van der Waals surface area contributed by atoms with Crippen molar-refractivity contribution in [1.82, 2.24) is 0 Å². The second kappa shape index (κ2) is 27.1. The molecule has 0 aliphatic carbocycles. The van der Waals surface area contributed by atoms with Crippen LogP contribution in [0.15, 0.2) is 96.9 Å². The van der Waals surface area contributed by atoms with E-state index in [1.807, 2.05) is 24.3 Å². The van der Waals surface area contributed by atoms with Gasteiger partial charge in [0, 0.05) is 8.22 Å². The summed E-state index contributed by atoms with van der Waals surface area (Å²) in [7, 11) is 0. The summed E-state index contributed by atoms with van der Waals surface area (Å²) in [5.41, 5.74) is 2.79. The maximum atomic E-state index is 13.1. The van der Waals surface area contributed by atoms with E-state index < -0.39 is 49.3 Å². The maximum Gasteiger partial charge on any atom is 0.123 e. The van der Waals surface area contributed by atoms with Gasteiger partial charge >= 0.3 is 0 Å².